The van der Waals surface area contributed by atoms with Crippen molar-refractivity contribution in [3.63, 3.8) is 0 Å². The Morgan fingerprint density at radius 3 is 2.54 bits per heavy atom. The van der Waals surface area contributed by atoms with Crippen molar-refractivity contribution in [3.05, 3.63) is 59.8 Å². The minimum atomic E-state index is 0.591. The lowest BCUT2D eigenvalue weighted by Crippen LogP contribution is -2.04. The zero-order valence-corrected chi connectivity index (χ0v) is 14.4. The Labute approximate surface area is 142 Å². The topological polar surface area (TPSA) is 52.8 Å². The van der Waals surface area contributed by atoms with Crippen LogP contribution in [0.25, 0.3) is 11.1 Å². The molecule has 0 amide bonds. The highest BCUT2D eigenvalue weighted by Crippen LogP contribution is 2.29. The van der Waals surface area contributed by atoms with E-state index >= 15 is 0 Å². The van der Waals surface area contributed by atoms with Crippen LogP contribution in [0.5, 0.6) is 5.88 Å². The second-order valence-electron chi connectivity index (χ2n) is 5.71. The smallest absolute Gasteiger partial charge is 0.221 e. The quantitative estimate of drug-likeness (QED) is 0.695. The summed E-state index contributed by atoms with van der Waals surface area (Å²) in [5.41, 5.74) is 4.41. The fraction of sp³-hybridized carbons (Fsp3) is 0.316. The molecule has 2 heterocycles. The molecule has 0 radical (unpaired) electrons. The van der Waals surface area contributed by atoms with Crippen molar-refractivity contribution in [2.75, 3.05) is 6.61 Å². The molecule has 0 unspecified atom stereocenters. The monoisotopic (exact) mass is 322 g/mol. The molecule has 0 atom stereocenters. The summed E-state index contributed by atoms with van der Waals surface area (Å²) >= 11 is 0. The lowest BCUT2D eigenvalue weighted by molar-refractivity contribution is 0.328. The summed E-state index contributed by atoms with van der Waals surface area (Å²) in [5, 5.41) is 4.44. The molecule has 124 valence electrons. The number of hydrogen-bond donors (Lipinski definition) is 0. The van der Waals surface area contributed by atoms with Gasteiger partial charge < -0.3 is 4.74 Å². The van der Waals surface area contributed by atoms with E-state index < -0.39 is 0 Å². The molecule has 0 saturated carbocycles. The van der Waals surface area contributed by atoms with Crippen molar-refractivity contribution >= 4 is 0 Å². The molecule has 0 fully saturated rings. The molecule has 0 N–H and O–H groups in total. The van der Waals surface area contributed by atoms with E-state index in [1.54, 1.807) is 6.33 Å². The van der Waals surface area contributed by atoms with Crippen LogP contribution >= 0.6 is 0 Å². The molecule has 24 heavy (non-hydrogen) atoms. The maximum Gasteiger partial charge on any atom is 0.221 e. The van der Waals surface area contributed by atoms with E-state index in [9.17, 15) is 0 Å². The van der Waals surface area contributed by atoms with Crippen molar-refractivity contribution in [1.29, 1.82) is 0 Å². The number of pyridine rings is 1. The summed E-state index contributed by atoms with van der Waals surface area (Å²) in [6.45, 7) is 7.33. The first-order chi connectivity index (χ1) is 11.7. The third kappa shape index (κ3) is 3.62. The van der Waals surface area contributed by atoms with Gasteiger partial charge in [-0.05, 0) is 31.0 Å². The molecular formula is C19H22N4O. The number of aromatic nitrogens is 4. The van der Waals surface area contributed by atoms with Crippen LogP contribution < -0.4 is 4.74 Å². The molecule has 3 aromatic rings. The Morgan fingerprint density at radius 2 is 1.88 bits per heavy atom. The van der Waals surface area contributed by atoms with Gasteiger partial charge in [-0.25, -0.2) is 14.6 Å². The third-order valence-corrected chi connectivity index (χ3v) is 3.80. The first-order valence-corrected chi connectivity index (χ1v) is 8.26. The Kier molecular flexibility index (Phi) is 4.89. The highest BCUT2D eigenvalue weighted by molar-refractivity contribution is 5.69. The average Bonchev–Trinajstić information content (AvgIpc) is 3.05. The normalized spacial score (nSPS) is 10.8. The van der Waals surface area contributed by atoms with E-state index in [1.807, 2.05) is 24.7 Å². The van der Waals surface area contributed by atoms with Crippen molar-refractivity contribution < 1.29 is 4.74 Å². The Balaban J connectivity index is 1.94. The number of hydrogen-bond acceptors (Lipinski definition) is 4. The molecule has 0 saturated heterocycles. The second kappa shape index (κ2) is 7.25. The van der Waals surface area contributed by atoms with Crippen LogP contribution in [-0.4, -0.2) is 26.4 Å². The van der Waals surface area contributed by atoms with Gasteiger partial charge in [0.15, 0.2) is 0 Å². The van der Waals surface area contributed by atoms with Crippen molar-refractivity contribution in [2.45, 2.75) is 33.7 Å². The van der Waals surface area contributed by atoms with Crippen LogP contribution in [0.3, 0.4) is 0 Å². The summed E-state index contributed by atoms with van der Waals surface area (Å²) < 4.78 is 7.54. The lowest BCUT2D eigenvalue weighted by Gasteiger charge is -2.11. The maximum atomic E-state index is 5.70. The van der Waals surface area contributed by atoms with Gasteiger partial charge in [0.1, 0.15) is 12.2 Å². The van der Waals surface area contributed by atoms with Crippen molar-refractivity contribution in [3.8, 4) is 17.0 Å². The van der Waals surface area contributed by atoms with Crippen LogP contribution in [0.15, 0.2) is 42.9 Å². The van der Waals surface area contributed by atoms with E-state index in [1.165, 1.54) is 5.56 Å². The summed E-state index contributed by atoms with van der Waals surface area (Å²) in [6.07, 6.45) is 4.44. The van der Waals surface area contributed by atoms with E-state index in [2.05, 4.69) is 52.3 Å². The molecule has 0 aliphatic heterocycles. The number of benzene rings is 1. The first kappa shape index (κ1) is 16.2. The summed E-state index contributed by atoms with van der Waals surface area (Å²) in [4.78, 5) is 8.78. The molecule has 5 nitrogen and oxygen atoms in total. The molecule has 0 spiro atoms. The van der Waals surface area contributed by atoms with E-state index in [-0.39, 0.29) is 0 Å². The molecule has 3 rings (SSSR count). The Bertz CT molecular complexity index is 808. The van der Waals surface area contributed by atoms with Crippen LogP contribution in [0.2, 0.25) is 0 Å². The van der Waals surface area contributed by atoms with Crippen LogP contribution in [-0.2, 0) is 13.0 Å². The van der Waals surface area contributed by atoms with Gasteiger partial charge in [-0.15, -0.1) is 0 Å². The van der Waals surface area contributed by atoms with Gasteiger partial charge in [-0.1, -0.05) is 36.8 Å². The molecule has 0 bridgehead atoms. The van der Waals surface area contributed by atoms with Crippen LogP contribution in [0.4, 0.5) is 0 Å². The minimum Gasteiger partial charge on any atom is -0.478 e. The molecule has 5 heteroatoms. The van der Waals surface area contributed by atoms with Gasteiger partial charge in [0, 0.05) is 18.2 Å². The molecular weight excluding hydrogens is 300 g/mol. The highest BCUT2D eigenvalue weighted by atomic mass is 16.5. The summed E-state index contributed by atoms with van der Waals surface area (Å²) in [6, 6.07) is 10.5. The Morgan fingerprint density at radius 1 is 1.08 bits per heavy atom. The number of ether oxygens (including phenoxy) is 1. The van der Waals surface area contributed by atoms with Crippen molar-refractivity contribution in [1.82, 2.24) is 19.7 Å². The van der Waals surface area contributed by atoms with Gasteiger partial charge in [0.2, 0.25) is 5.88 Å². The fourth-order valence-corrected chi connectivity index (χ4v) is 2.53. The largest absolute Gasteiger partial charge is 0.478 e. The predicted molar refractivity (Wildman–Crippen MR) is 94.1 cm³/mol. The first-order valence-electron chi connectivity index (χ1n) is 8.26. The lowest BCUT2D eigenvalue weighted by atomic mass is 10.0. The van der Waals surface area contributed by atoms with E-state index in [0.29, 0.717) is 19.0 Å². The van der Waals surface area contributed by atoms with Gasteiger partial charge in [0.25, 0.3) is 0 Å². The van der Waals surface area contributed by atoms with Crippen molar-refractivity contribution in [2.24, 2.45) is 0 Å². The van der Waals surface area contributed by atoms with Crippen LogP contribution in [0, 0.1) is 6.92 Å². The predicted octanol–water partition coefficient (Wildman–Crippen LogP) is 3.66. The standard InChI is InChI=1S/C19H22N4O/c1-4-18-21-13-23(22-18)12-15-10-17(19(20-11-15)24-5-2)16-8-6-14(3)7-9-16/h6-11,13H,4-5,12H2,1-3H3. The average molecular weight is 322 g/mol. The summed E-state index contributed by atoms with van der Waals surface area (Å²) in [7, 11) is 0. The molecule has 0 aliphatic rings. The van der Waals surface area contributed by atoms with E-state index in [0.717, 1.165) is 28.9 Å². The highest BCUT2D eigenvalue weighted by Gasteiger charge is 2.10. The fourth-order valence-electron chi connectivity index (χ4n) is 2.53. The molecule has 1 aromatic carbocycles. The minimum absolute atomic E-state index is 0.591. The zero-order valence-electron chi connectivity index (χ0n) is 14.4. The van der Waals surface area contributed by atoms with Crippen LogP contribution in [0.1, 0.15) is 30.8 Å². The van der Waals surface area contributed by atoms with Gasteiger partial charge in [-0.2, -0.15) is 5.10 Å². The number of nitrogens with zero attached hydrogens (tertiary/aromatic N) is 4. The molecule has 0 aliphatic carbocycles. The third-order valence-electron chi connectivity index (χ3n) is 3.80. The molecule has 2 aromatic heterocycles. The Hall–Kier alpha value is -2.69. The summed E-state index contributed by atoms with van der Waals surface area (Å²) in [5.74, 6) is 1.52. The second-order valence-corrected chi connectivity index (χ2v) is 5.71. The zero-order chi connectivity index (χ0) is 16.9. The van der Waals surface area contributed by atoms with Gasteiger partial charge in [-0.3, -0.25) is 0 Å². The number of aryl methyl sites for hydroxylation is 2. The van der Waals surface area contributed by atoms with Gasteiger partial charge in [0.05, 0.1) is 13.2 Å². The number of rotatable bonds is 6. The van der Waals surface area contributed by atoms with E-state index in [4.69, 9.17) is 4.74 Å². The SMILES string of the molecule is CCOc1ncc(Cn2cnc(CC)n2)cc1-c1ccc(C)cc1. The van der Waals surface area contributed by atoms with Gasteiger partial charge >= 0.3 is 0 Å². The maximum absolute atomic E-state index is 5.70.